The van der Waals surface area contributed by atoms with Crippen LogP contribution in [0.25, 0.3) is 11.0 Å². The zero-order chi connectivity index (χ0) is 18.4. The fourth-order valence-electron chi connectivity index (χ4n) is 2.59. The number of fused-ring (bicyclic) bond motifs is 1. The summed E-state index contributed by atoms with van der Waals surface area (Å²) in [5, 5.41) is 22.8. The molecule has 0 fully saturated rings. The van der Waals surface area contributed by atoms with Crippen LogP contribution in [-0.2, 0) is 0 Å². The maximum Gasteiger partial charge on any atom is 0.160 e. The number of hydrogen-bond donors (Lipinski definition) is 4. The first kappa shape index (κ1) is 20.8. The number of rotatable bonds is 9. The highest BCUT2D eigenvalue weighted by molar-refractivity contribution is 5.85. The molecule has 0 bridgehead atoms. The summed E-state index contributed by atoms with van der Waals surface area (Å²) in [6.07, 6.45) is 0.979. The van der Waals surface area contributed by atoms with Crippen molar-refractivity contribution in [1.82, 2.24) is 15.3 Å². The van der Waals surface area contributed by atoms with E-state index in [9.17, 15) is 10.2 Å². The zero-order valence-corrected chi connectivity index (χ0v) is 15.8. The minimum absolute atomic E-state index is 0. The molecule has 3 rings (SSSR count). The first-order valence-electron chi connectivity index (χ1n) is 8.50. The van der Waals surface area contributed by atoms with Gasteiger partial charge in [0.2, 0.25) is 0 Å². The van der Waals surface area contributed by atoms with Crippen LogP contribution in [0.2, 0.25) is 0 Å². The van der Waals surface area contributed by atoms with Gasteiger partial charge in [-0.15, -0.1) is 12.4 Å². The minimum Gasteiger partial charge on any atom is -0.504 e. The number of hydrogen-bond acceptors (Lipinski definition) is 6. The van der Waals surface area contributed by atoms with Crippen LogP contribution < -0.4 is 14.8 Å². The average molecular weight is 394 g/mol. The van der Waals surface area contributed by atoms with E-state index in [-0.39, 0.29) is 24.8 Å². The smallest absolute Gasteiger partial charge is 0.160 e. The molecule has 0 radical (unpaired) electrons. The van der Waals surface area contributed by atoms with E-state index in [0.717, 1.165) is 16.6 Å². The lowest BCUT2D eigenvalue weighted by Gasteiger charge is -2.14. The average Bonchev–Trinajstić information content (AvgIpc) is 3.13. The maximum atomic E-state index is 10.1. The molecule has 1 unspecified atom stereocenters. The van der Waals surface area contributed by atoms with Gasteiger partial charge in [-0.1, -0.05) is 18.2 Å². The van der Waals surface area contributed by atoms with Crippen LogP contribution in [0.5, 0.6) is 17.2 Å². The van der Waals surface area contributed by atoms with Crippen LogP contribution in [0.3, 0.4) is 0 Å². The maximum absolute atomic E-state index is 10.1. The minimum atomic E-state index is -0.653. The highest BCUT2D eigenvalue weighted by atomic mass is 35.5. The molecular formula is C19H24ClN3O4. The van der Waals surface area contributed by atoms with E-state index in [1.165, 1.54) is 0 Å². The van der Waals surface area contributed by atoms with Gasteiger partial charge in [0.15, 0.2) is 11.5 Å². The molecule has 0 aliphatic heterocycles. The number of aromatic amines is 1. The van der Waals surface area contributed by atoms with Gasteiger partial charge in [0.1, 0.15) is 30.6 Å². The topological polar surface area (TPSA) is 99.6 Å². The SMILES string of the molecule is Cc1ccc(OCC(O)CNCCOc2ccccc2O)c2[nH]cnc12.Cl. The summed E-state index contributed by atoms with van der Waals surface area (Å²) < 4.78 is 11.2. The van der Waals surface area contributed by atoms with E-state index in [2.05, 4.69) is 15.3 Å². The lowest BCUT2D eigenvalue weighted by Crippen LogP contribution is -2.33. The molecule has 8 heteroatoms. The van der Waals surface area contributed by atoms with Gasteiger partial charge in [-0.3, -0.25) is 0 Å². The van der Waals surface area contributed by atoms with Gasteiger partial charge >= 0.3 is 0 Å². The Kier molecular flexibility index (Phi) is 7.72. The van der Waals surface area contributed by atoms with E-state index >= 15 is 0 Å². The molecule has 1 atom stereocenters. The number of phenols is 1. The largest absolute Gasteiger partial charge is 0.504 e. The Morgan fingerprint density at radius 2 is 1.96 bits per heavy atom. The van der Waals surface area contributed by atoms with Crippen molar-refractivity contribution in [2.24, 2.45) is 0 Å². The number of benzene rings is 2. The summed E-state index contributed by atoms with van der Waals surface area (Å²) in [5.41, 5.74) is 2.78. The Bertz CT molecular complexity index is 856. The molecule has 1 heterocycles. The standard InChI is InChI=1S/C19H23N3O4.ClH/c1-13-6-7-17(19-18(13)21-12-22-19)26-11-14(23)10-20-8-9-25-16-5-3-2-4-15(16)24;/h2-7,12,14,20,23-24H,8-11H2,1H3,(H,21,22);1H. The van der Waals surface area contributed by atoms with Gasteiger partial charge < -0.3 is 30.0 Å². The number of halogens is 1. The Morgan fingerprint density at radius 3 is 2.78 bits per heavy atom. The van der Waals surface area contributed by atoms with Crippen molar-refractivity contribution in [3.63, 3.8) is 0 Å². The van der Waals surface area contributed by atoms with Crippen LogP contribution in [-0.4, -0.2) is 52.6 Å². The number of para-hydroxylation sites is 2. The molecule has 0 aliphatic carbocycles. The molecule has 146 valence electrons. The molecule has 7 nitrogen and oxygen atoms in total. The number of nitrogens with one attached hydrogen (secondary N) is 2. The van der Waals surface area contributed by atoms with Crippen molar-refractivity contribution in [2.45, 2.75) is 13.0 Å². The van der Waals surface area contributed by atoms with Gasteiger partial charge in [0, 0.05) is 13.1 Å². The predicted molar refractivity (Wildman–Crippen MR) is 106 cm³/mol. The van der Waals surface area contributed by atoms with Gasteiger partial charge in [0.05, 0.1) is 11.8 Å². The number of aryl methyl sites for hydroxylation is 1. The van der Waals surface area contributed by atoms with Crippen LogP contribution in [0, 0.1) is 6.92 Å². The van der Waals surface area contributed by atoms with Crippen LogP contribution in [0.1, 0.15) is 5.56 Å². The molecule has 1 aromatic heterocycles. The highest BCUT2D eigenvalue weighted by Gasteiger charge is 2.10. The first-order valence-corrected chi connectivity index (χ1v) is 8.50. The van der Waals surface area contributed by atoms with Crippen LogP contribution in [0.4, 0.5) is 0 Å². The third kappa shape index (κ3) is 5.50. The molecule has 0 spiro atoms. The summed E-state index contributed by atoms with van der Waals surface area (Å²) >= 11 is 0. The molecule has 0 aliphatic rings. The number of nitrogens with zero attached hydrogens (tertiary/aromatic N) is 1. The second-order valence-electron chi connectivity index (χ2n) is 5.99. The van der Waals surface area contributed by atoms with Gasteiger partial charge in [-0.05, 0) is 30.7 Å². The summed E-state index contributed by atoms with van der Waals surface area (Å²) in [5.74, 6) is 1.23. The van der Waals surface area contributed by atoms with Crippen molar-refractivity contribution in [2.75, 3.05) is 26.3 Å². The first-order chi connectivity index (χ1) is 12.6. The van der Waals surface area contributed by atoms with Crippen molar-refractivity contribution in [3.8, 4) is 17.2 Å². The van der Waals surface area contributed by atoms with E-state index in [0.29, 0.717) is 31.2 Å². The molecule has 0 saturated heterocycles. The highest BCUT2D eigenvalue weighted by Crippen LogP contribution is 2.25. The number of phenolic OH excluding ortho intramolecular Hbond substituents is 1. The third-order valence-electron chi connectivity index (χ3n) is 3.96. The van der Waals surface area contributed by atoms with E-state index in [1.54, 1.807) is 30.6 Å². The summed E-state index contributed by atoms with van der Waals surface area (Å²) in [7, 11) is 0. The number of ether oxygens (including phenoxy) is 2. The molecular weight excluding hydrogens is 370 g/mol. The Morgan fingerprint density at radius 1 is 1.15 bits per heavy atom. The van der Waals surface area contributed by atoms with Gasteiger partial charge in [0.25, 0.3) is 0 Å². The van der Waals surface area contributed by atoms with Crippen molar-refractivity contribution in [1.29, 1.82) is 0 Å². The van der Waals surface area contributed by atoms with Crippen LogP contribution in [0.15, 0.2) is 42.7 Å². The number of aliphatic hydroxyl groups excluding tert-OH is 1. The van der Waals surface area contributed by atoms with E-state index in [1.807, 2.05) is 19.1 Å². The lowest BCUT2D eigenvalue weighted by atomic mass is 10.2. The Hall–Kier alpha value is -2.48. The number of imidazole rings is 1. The zero-order valence-electron chi connectivity index (χ0n) is 15.0. The summed E-state index contributed by atoms with van der Waals surface area (Å²) in [6, 6.07) is 10.6. The number of H-pyrrole nitrogens is 1. The van der Waals surface area contributed by atoms with Crippen LogP contribution >= 0.6 is 12.4 Å². The van der Waals surface area contributed by atoms with Crippen molar-refractivity contribution in [3.05, 3.63) is 48.3 Å². The third-order valence-corrected chi connectivity index (χ3v) is 3.96. The predicted octanol–water partition coefficient (Wildman–Crippen LogP) is 2.41. The quantitative estimate of drug-likeness (QED) is 0.417. The lowest BCUT2D eigenvalue weighted by molar-refractivity contribution is 0.106. The molecule has 27 heavy (non-hydrogen) atoms. The second-order valence-corrected chi connectivity index (χ2v) is 5.99. The molecule has 2 aromatic carbocycles. The normalized spacial score (nSPS) is 11.8. The molecule has 0 amide bonds. The Labute approximate surface area is 163 Å². The van der Waals surface area contributed by atoms with E-state index in [4.69, 9.17) is 9.47 Å². The number of aliphatic hydroxyl groups is 1. The summed E-state index contributed by atoms with van der Waals surface area (Å²) in [4.78, 5) is 7.33. The summed E-state index contributed by atoms with van der Waals surface area (Å²) in [6.45, 7) is 3.47. The fourth-order valence-corrected chi connectivity index (χ4v) is 2.59. The number of aromatic nitrogens is 2. The van der Waals surface area contributed by atoms with Crippen molar-refractivity contribution >= 4 is 23.4 Å². The number of aromatic hydroxyl groups is 1. The molecule has 0 saturated carbocycles. The Balaban J connectivity index is 0.00000261. The van der Waals surface area contributed by atoms with E-state index < -0.39 is 6.10 Å². The second kappa shape index (κ2) is 10.0. The van der Waals surface area contributed by atoms with Crippen molar-refractivity contribution < 1.29 is 19.7 Å². The van der Waals surface area contributed by atoms with Gasteiger partial charge in [-0.2, -0.15) is 0 Å². The van der Waals surface area contributed by atoms with Gasteiger partial charge in [-0.25, -0.2) is 4.98 Å². The fraction of sp³-hybridized carbons (Fsp3) is 0.316. The monoisotopic (exact) mass is 393 g/mol. The molecule has 4 N–H and O–H groups in total. The molecule has 3 aromatic rings.